The molecule has 8 nitrogen and oxygen atoms in total. The van der Waals surface area contributed by atoms with Crippen LogP contribution in [-0.2, 0) is 0 Å². The van der Waals surface area contributed by atoms with E-state index in [4.69, 9.17) is 15.8 Å². The van der Waals surface area contributed by atoms with Gasteiger partial charge < -0.3 is 15.5 Å². The standard InChI is InChI=1S/C33H40N8S/c1-3-28-31(24-7-5-4-6-8-24)40(22-42-28)26-11-9-23(10-12-26)30-29-32(34)35-21-36-33(29)41(37-30)27-15-13-25(14-16-27)39-19-17-38(2)18-20-39/h4-12,21,25,27H,3,13-20,22H2,1-2H3,(H2,34,35,36). The Morgan fingerprint density at radius 1 is 0.857 bits per heavy atom. The number of likely N-dealkylation sites (N-methyl/N-ethyl adjacent to an activating group) is 1. The first-order valence-corrected chi connectivity index (χ1v) is 16.3. The highest BCUT2D eigenvalue weighted by Gasteiger charge is 2.31. The fraction of sp³-hybridized carbons (Fsp3) is 0.424. The average molecular weight is 581 g/mol. The number of hydrogen-bond donors (Lipinski definition) is 1. The molecule has 9 heteroatoms. The van der Waals surface area contributed by atoms with Crippen LogP contribution in [0.5, 0.6) is 0 Å². The molecule has 0 spiro atoms. The quantitative estimate of drug-likeness (QED) is 0.293. The smallest absolute Gasteiger partial charge is 0.164 e. The third-order valence-corrected chi connectivity index (χ3v) is 10.5. The number of allylic oxidation sites excluding steroid dienone is 1. The second-order valence-corrected chi connectivity index (χ2v) is 12.8. The summed E-state index contributed by atoms with van der Waals surface area (Å²) in [6.07, 6.45) is 7.22. The Morgan fingerprint density at radius 3 is 2.29 bits per heavy atom. The molecule has 1 saturated carbocycles. The number of anilines is 2. The molecule has 2 aliphatic heterocycles. The topological polar surface area (TPSA) is 79.3 Å². The normalized spacial score (nSPS) is 22.4. The van der Waals surface area contributed by atoms with Crippen LogP contribution in [0.25, 0.3) is 28.0 Å². The predicted octanol–water partition coefficient (Wildman–Crippen LogP) is 6.10. The molecule has 42 heavy (non-hydrogen) atoms. The third kappa shape index (κ3) is 5.08. The molecule has 7 rings (SSSR count). The molecule has 0 atom stereocenters. The highest BCUT2D eigenvalue weighted by atomic mass is 32.2. The van der Waals surface area contributed by atoms with E-state index in [9.17, 15) is 0 Å². The number of piperazine rings is 1. The van der Waals surface area contributed by atoms with Gasteiger partial charge in [0, 0.05) is 48.4 Å². The molecule has 1 saturated heterocycles. The molecule has 2 N–H and O–H groups in total. The van der Waals surface area contributed by atoms with Gasteiger partial charge in [-0.25, -0.2) is 14.6 Å². The summed E-state index contributed by atoms with van der Waals surface area (Å²) >= 11 is 1.93. The lowest BCUT2D eigenvalue weighted by Crippen LogP contribution is -2.49. The van der Waals surface area contributed by atoms with E-state index in [2.05, 4.69) is 92.9 Å². The van der Waals surface area contributed by atoms with Crippen molar-refractivity contribution in [1.82, 2.24) is 29.5 Å². The SMILES string of the molecule is CCC1=C(c2ccccc2)N(c2ccc(-c3nn(C4CCC(N5CCN(C)CC5)CC4)c4ncnc(N)c34)cc2)CS1. The van der Waals surface area contributed by atoms with Gasteiger partial charge in [-0.1, -0.05) is 49.4 Å². The highest BCUT2D eigenvalue weighted by Crippen LogP contribution is 2.43. The maximum Gasteiger partial charge on any atom is 0.164 e. The molecule has 2 aromatic heterocycles. The summed E-state index contributed by atoms with van der Waals surface area (Å²) in [5.41, 5.74) is 13.0. The summed E-state index contributed by atoms with van der Waals surface area (Å²) < 4.78 is 2.15. The molecule has 4 heterocycles. The number of thioether (sulfide) groups is 1. The van der Waals surface area contributed by atoms with Crippen molar-refractivity contribution in [1.29, 1.82) is 0 Å². The van der Waals surface area contributed by atoms with Crippen LogP contribution in [0.2, 0.25) is 0 Å². The van der Waals surface area contributed by atoms with Crippen LogP contribution in [-0.4, -0.2) is 74.7 Å². The van der Waals surface area contributed by atoms with Gasteiger partial charge >= 0.3 is 0 Å². The van der Waals surface area contributed by atoms with Crippen LogP contribution in [0.4, 0.5) is 11.5 Å². The molecule has 0 amide bonds. The number of rotatable bonds is 6. The van der Waals surface area contributed by atoms with E-state index >= 15 is 0 Å². The average Bonchev–Trinajstić information content (AvgIpc) is 3.65. The number of hydrogen-bond acceptors (Lipinski definition) is 8. The molecular formula is C33H40N8S. The highest BCUT2D eigenvalue weighted by molar-refractivity contribution is 8.03. The Morgan fingerprint density at radius 2 is 1.57 bits per heavy atom. The van der Waals surface area contributed by atoms with Crippen LogP contribution in [0.1, 0.15) is 50.6 Å². The zero-order valence-corrected chi connectivity index (χ0v) is 25.4. The van der Waals surface area contributed by atoms with E-state index in [1.807, 2.05) is 11.8 Å². The Kier molecular flexibility index (Phi) is 7.65. The lowest BCUT2D eigenvalue weighted by Gasteiger charge is -2.41. The molecule has 0 bridgehead atoms. The Hall–Kier alpha value is -3.40. The maximum absolute atomic E-state index is 6.48. The van der Waals surface area contributed by atoms with Crippen molar-refractivity contribution >= 4 is 40.0 Å². The monoisotopic (exact) mass is 580 g/mol. The zero-order valence-electron chi connectivity index (χ0n) is 24.6. The van der Waals surface area contributed by atoms with Crippen LogP contribution in [0.3, 0.4) is 0 Å². The van der Waals surface area contributed by atoms with Crippen LogP contribution < -0.4 is 10.6 Å². The van der Waals surface area contributed by atoms with Crippen molar-refractivity contribution in [3.8, 4) is 11.3 Å². The molecule has 0 unspecified atom stereocenters. The number of nitrogens with two attached hydrogens (primary N) is 1. The van der Waals surface area contributed by atoms with Gasteiger partial charge in [-0.2, -0.15) is 5.10 Å². The summed E-state index contributed by atoms with van der Waals surface area (Å²) in [6, 6.07) is 20.5. The lowest BCUT2D eigenvalue weighted by atomic mass is 9.90. The molecule has 4 aromatic rings. The Balaban J connectivity index is 1.15. The minimum absolute atomic E-state index is 0.325. The molecule has 2 aromatic carbocycles. The van der Waals surface area contributed by atoms with Crippen molar-refractivity contribution in [3.63, 3.8) is 0 Å². The number of benzene rings is 2. The first kappa shape index (κ1) is 27.4. The van der Waals surface area contributed by atoms with Crippen molar-refractivity contribution in [3.05, 3.63) is 71.4 Å². The van der Waals surface area contributed by atoms with Crippen LogP contribution in [0.15, 0.2) is 65.8 Å². The lowest BCUT2D eigenvalue weighted by molar-refractivity contribution is 0.0815. The Labute approximate surface area is 252 Å². The third-order valence-electron chi connectivity index (χ3n) is 9.31. The van der Waals surface area contributed by atoms with Crippen molar-refractivity contribution in [2.24, 2.45) is 0 Å². The molecule has 0 radical (unpaired) electrons. The van der Waals surface area contributed by atoms with Crippen molar-refractivity contribution in [2.75, 3.05) is 49.7 Å². The number of nitrogens with zero attached hydrogens (tertiary/aromatic N) is 7. The number of aromatic nitrogens is 4. The van der Waals surface area contributed by atoms with Crippen molar-refractivity contribution in [2.45, 2.75) is 51.1 Å². The fourth-order valence-electron chi connectivity index (χ4n) is 6.92. The second-order valence-electron chi connectivity index (χ2n) is 11.8. The van der Waals surface area contributed by atoms with Gasteiger partial charge in [0.1, 0.15) is 17.8 Å². The van der Waals surface area contributed by atoms with Crippen molar-refractivity contribution < 1.29 is 0 Å². The first-order valence-electron chi connectivity index (χ1n) is 15.3. The van der Waals surface area contributed by atoms with E-state index < -0.39 is 0 Å². The van der Waals surface area contributed by atoms with Gasteiger partial charge in [0.2, 0.25) is 0 Å². The number of nitrogen functional groups attached to an aromatic ring is 1. The number of fused-ring (bicyclic) bond motifs is 1. The Bertz CT molecular complexity index is 1570. The summed E-state index contributed by atoms with van der Waals surface area (Å²) in [5.74, 6) is 1.41. The van der Waals surface area contributed by atoms with Gasteiger partial charge in [0.25, 0.3) is 0 Å². The molecular weight excluding hydrogens is 540 g/mol. The van der Waals surface area contributed by atoms with Gasteiger partial charge in [-0.05, 0) is 56.8 Å². The van der Waals surface area contributed by atoms with E-state index in [1.54, 1.807) is 6.33 Å². The minimum atomic E-state index is 0.325. The zero-order chi connectivity index (χ0) is 28.6. The first-order chi connectivity index (χ1) is 20.6. The van der Waals surface area contributed by atoms with Crippen LogP contribution in [0, 0.1) is 0 Å². The van der Waals surface area contributed by atoms with E-state index in [0.717, 1.165) is 47.4 Å². The summed E-state index contributed by atoms with van der Waals surface area (Å²) in [6.45, 7) is 6.94. The molecule has 3 aliphatic rings. The van der Waals surface area contributed by atoms with Gasteiger partial charge in [0.05, 0.1) is 23.0 Å². The fourth-order valence-corrected chi connectivity index (χ4v) is 8.05. The van der Waals surface area contributed by atoms with E-state index in [-0.39, 0.29) is 0 Å². The summed E-state index contributed by atoms with van der Waals surface area (Å²) in [5, 5.41) is 6.06. The molecule has 218 valence electrons. The summed E-state index contributed by atoms with van der Waals surface area (Å²) in [4.78, 5) is 18.0. The molecule has 1 aliphatic carbocycles. The largest absolute Gasteiger partial charge is 0.383 e. The molecule has 2 fully saturated rings. The van der Waals surface area contributed by atoms with Crippen LogP contribution >= 0.6 is 11.8 Å². The summed E-state index contributed by atoms with van der Waals surface area (Å²) in [7, 11) is 2.22. The van der Waals surface area contributed by atoms with Gasteiger partial charge in [-0.3, -0.25) is 4.90 Å². The predicted molar refractivity (Wildman–Crippen MR) is 174 cm³/mol. The minimum Gasteiger partial charge on any atom is -0.383 e. The van der Waals surface area contributed by atoms with Gasteiger partial charge in [0.15, 0.2) is 5.65 Å². The second kappa shape index (κ2) is 11.7. The maximum atomic E-state index is 6.48. The van der Waals surface area contributed by atoms with Gasteiger partial charge in [-0.15, -0.1) is 11.8 Å². The van der Waals surface area contributed by atoms with E-state index in [1.165, 1.54) is 60.9 Å². The van der Waals surface area contributed by atoms with E-state index in [0.29, 0.717) is 17.9 Å².